The van der Waals surface area contributed by atoms with Crippen molar-refractivity contribution in [1.29, 1.82) is 0 Å². The van der Waals surface area contributed by atoms with Crippen LogP contribution in [0.2, 0.25) is 0 Å². The van der Waals surface area contributed by atoms with Crippen molar-refractivity contribution < 1.29 is 0 Å². The van der Waals surface area contributed by atoms with Crippen LogP contribution in [-0.2, 0) is 7.05 Å². The summed E-state index contributed by atoms with van der Waals surface area (Å²) in [5, 5.41) is 9.26. The zero-order valence-corrected chi connectivity index (χ0v) is 13.1. The zero-order chi connectivity index (χ0) is 14.6. The van der Waals surface area contributed by atoms with E-state index in [0.29, 0.717) is 0 Å². The summed E-state index contributed by atoms with van der Waals surface area (Å²) in [7, 11) is 1.89. The van der Waals surface area contributed by atoms with Crippen molar-refractivity contribution in [2.45, 2.75) is 6.92 Å². The van der Waals surface area contributed by atoms with Crippen molar-refractivity contribution in [2.24, 2.45) is 7.05 Å². The Morgan fingerprint density at radius 1 is 1.19 bits per heavy atom. The Morgan fingerprint density at radius 2 is 2.05 bits per heavy atom. The highest BCUT2D eigenvalue weighted by atomic mass is 79.9. The summed E-state index contributed by atoms with van der Waals surface area (Å²) in [5.74, 6) is 0. The number of hydrogen-bond donors (Lipinski definition) is 1. The van der Waals surface area contributed by atoms with Gasteiger partial charge in [-0.1, -0.05) is 21.1 Å². The third-order valence-corrected chi connectivity index (χ3v) is 4.16. The molecule has 1 aromatic carbocycles. The summed E-state index contributed by atoms with van der Waals surface area (Å²) in [5.41, 5.74) is 5.97. The van der Waals surface area contributed by atoms with E-state index in [1.807, 2.05) is 26.2 Å². The minimum Gasteiger partial charge on any atom is -0.353 e. The molecule has 1 N–H and O–H groups in total. The normalized spacial score (nSPS) is 11.6. The van der Waals surface area contributed by atoms with Crippen molar-refractivity contribution >= 4 is 37.9 Å². The Morgan fingerprint density at radius 3 is 2.81 bits per heavy atom. The average Bonchev–Trinajstić information content (AvgIpc) is 2.98. The van der Waals surface area contributed by atoms with E-state index in [-0.39, 0.29) is 0 Å². The molecule has 0 saturated heterocycles. The van der Waals surface area contributed by atoms with Crippen LogP contribution in [-0.4, -0.2) is 25.0 Å². The van der Waals surface area contributed by atoms with E-state index in [1.165, 1.54) is 0 Å². The molecule has 0 aliphatic carbocycles. The molecule has 0 radical (unpaired) electrons. The van der Waals surface area contributed by atoms with Gasteiger partial charge in [0.1, 0.15) is 0 Å². The first kappa shape index (κ1) is 12.5. The number of pyridine rings is 1. The number of H-pyrrole nitrogens is 1. The van der Waals surface area contributed by atoms with E-state index in [1.54, 1.807) is 4.68 Å². The van der Waals surface area contributed by atoms with E-state index in [0.717, 1.165) is 43.4 Å². The number of aryl methyl sites for hydroxylation is 2. The fraction of sp³-hybridized carbons (Fsp3) is 0.133. The first-order valence-corrected chi connectivity index (χ1v) is 7.36. The lowest BCUT2D eigenvalue weighted by Gasteiger charge is -2.02. The van der Waals surface area contributed by atoms with E-state index < -0.39 is 0 Å². The first-order chi connectivity index (χ1) is 10.1. The van der Waals surface area contributed by atoms with E-state index in [2.05, 4.69) is 54.4 Å². The summed E-state index contributed by atoms with van der Waals surface area (Å²) in [4.78, 5) is 8.04. The topological polar surface area (TPSA) is 59.4 Å². The van der Waals surface area contributed by atoms with Crippen molar-refractivity contribution in [2.75, 3.05) is 0 Å². The quantitative estimate of drug-likeness (QED) is 0.575. The van der Waals surface area contributed by atoms with Crippen LogP contribution in [0.15, 0.2) is 34.9 Å². The molecule has 21 heavy (non-hydrogen) atoms. The van der Waals surface area contributed by atoms with Gasteiger partial charge in [0.25, 0.3) is 0 Å². The smallest absolute Gasteiger partial charge is 0.0958 e. The van der Waals surface area contributed by atoms with Gasteiger partial charge in [-0.25, -0.2) is 4.68 Å². The number of aromatic amines is 1. The SMILES string of the molecule is Cc1nnn(C)c1-c1cnc2c(c1)[nH]c1ccc(Br)cc12. The van der Waals surface area contributed by atoms with Gasteiger partial charge in [-0.2, -0.15) is 0 Å². The van der Waals surface area contributed by atoms with Crippen molar-refractivity contribution in [3.63, 3.8) is 0 Å². The fourth-order valence-electron chi connectivity index (χ4n) is 2.73. The molecule has 6 heteroatoms. The highest BCUT2D eigenvalue weighted by molar-refractivity contribution is 9.10. The number of nitrogens with one attached hydrogen (secondary N) is 1. The summed E-state index contributed by atoms with van der Waals surface area (Å²) in [6.45, 7) is 1.95. The minimum atomic E-state index is 0.900. The second kappa shape index (κ2) is 4.39. The molecule has 0 spiro atoms. The number of fused-ring (bicyclic) bond motifs is 3. The lowest BCUT2D eigenvalue weighted by Crippen LogP contribution is -1.95. The molecule has 0 bridgehead atoms. The third kappa shape index (κ3) is 1.86. The maximum Gasteiger partial charge on any atom is 0.0958 e. The van der Waals surface area contributed by atoms with Crippen LogP contribution in [0.4, 0.5) is 0 Å². The highest BCUT2D eigenvalue weighted by Crippen LogP contribution is 2.29. The van der Waals surface area contributed by atoms with Crippen LogP contribution >= 0.6 is 15.9 Å². The first-order valence-electron chi connectivity index (χ1n) is 6.57. The van der Waals surface area contributed by atoms with Gasteiger partial charge < -0.3 is 4.98 Å². The number of rotatable bonds is 1. The maximum absolute atomic E-state index is 4.63. The van der Waals surface area contributed by atoms with Crippen molar-refractivity contribution in [3.8, 4) is 11.3 Å². The predicted molar refractivity (Wildman–Crippen MR) is 86.0 cm³/mol. The van der Waals surface area contributed by atoms with Crippen LogP contribution in [0.5, 0.6) is 0 Å². The Balaban J connectivity index is 2.01. The molecule has 104 valence electrons. The molecule has 3 aromatic heterocycles. The van der Waals surface area contributed by atoms with Crippen LogP contribution in [0.25, 0.3) is 33.2 Å². The van der Waals surface area contributed by atoms with Gasteiger partial charge in [0.05, 0.1) is 22.4 Å². The molecule has 3 heterocycles. The molecule has 0 aliphatic rings. The number of halogens is 1. The highest BCUT2D eigenvalue weighted by Gasteiger charge is 2.12. The maximum atomic E-state index is 4.63. The van der Waals surface area contributed by atoms with Gasteiger partial charge in [0.2, 0.25) is 0 Å². The van der Waals surface area contributed by atoms with Crippen LogP contribution in [0.1, 0.15) is 5.69 Å². The molecule has 5 nitrogen and oxygen atoms in total. The second-order valence-electron chi connectivity index (χ2n) is 5.08. The molecular weight excluding hydrogens is 330 g/mol. The number of nitrogens with zero attached hydrogens (tertiary/aromatic N) is 4. The van der Waals surface area contributed by atoms with Gasteiger partial charge in [-0.05, 0) is 31.2 Å². The lowest BCUT2D eigenvalue weighted by molar-refractivity contribution is 0.719. The standard InChI is InChI=1S/C15H12BrN5/c1-8-15(21(2)20-19-8)9-5-13-14(17-7-9)11-6-10(16)3-4-12(11)18-13/h3-7,18H,1-2H3. The molecule has 0 unspecified atom stereocenters. The monoisotopic (exact) mass is 341 g/mol. The Hall–Kier alpha value is -2.21. The summed E-state index contributed by atoms with van der Waals surface area (Å²) >= 11 is 3.51. The van der Waals surface area contributed by atoms with Gasteiger partial charge in [0.15, 0.2) is 0 Å². The molecule has 0 aliphatic heterocycles. The van der Waals surface area contributed by atoms with E-state index in [4.69, 9.17) is 0 Å². The van der Waals surface area contributed by atoms with Crippen LogP contribution in [0, 0.1) is 6.92 Å². The van der Waals surface area contributed by atoms with Crippen LogP contribution < -0.4 is 0 Å². The fourth-order valence-corrected chi connectivity index (χ4v) is 3.09. The summed E-state index contributed by atoms with van der Waals surface area (Å²) in [6.07, 6.45) is 1.88. The summed E-state index contributed by atoms with van der Waals surface area (Å²) < 4.78 is 2.82. The Labute approximate surface area is 129 Å². The Bertz CT molecular complexity index is 963. The molecule has 0 fully saturated rings. The average molecular weight is 342 g/mol. The third-order valence-electron chi connectivity index (χ3n) is 3.66. The van der Waals surface area contributed by atoms with Crippen LogP contribution in [0.3, 0.4) is 0 Å². The summed E-state index contributed by atoms with van der Waals surface area (Å²) in [6, 6.07) is 8.26. The van der Waals surface area contributed by atoms with Gasteiger partial charge in [-0.15, -0.1) is 5.10 Å². The lowest BCUT2D eigenvalue weighted by atomic mass is 10.1. The molecular formula is C15H12BrN5. The van der Waals surface area contributed by atoms with Crippen molar-refractivity contribution in [3.05, 3.63) is 40.6 Å². The number of hydrogen-bond acceptors (Lipinski definition) is 3. The molecule has 0 atom stereocenters. The van der Waals surface area contributed by atoms with E-state index >= 15 is 0 Å². The van der Waals surface area contributed by atoms with Gasteiger partial charge in [-0.3, -0.25) is 4.98 Å². The molecule has 4 rings (SSSR count). The predicted octanol–water partition coefficient (Wildman–Crippen LogP) is 3.58. The number of aromatic nitrogens is 5. The Kier molecular flexibility index (Phi) is 2.62. The van der Waals surface area contributed by atoms with Gasteiger partial charge in [0, 0.05) is 34.2 Å². The van der Waals surface area contributed by atoms with Gasteiger partial charge >= 0.3 is 0 Å². The molecule has 0 saturated carbocycles. The zero-order valence-electron chi connectivity index (χ0n) is 11.6. The van der Waals surface area contributed by atoms with Crippen molar-refractivity contribution in [1.82, 2.24) is 25.0 Å². The largest absolute Gasteiger partial charge is 0.353 e. The minimum absolute atomic E-state index is 0.900. The second-order valence-corrected chi connectivity index (χ2v) is 6.00. The van der Waals surface area contributed by atoms with E-state index in [9.17, 15) is 0 Å². The number of benzene rings is 1. The molecule has 0 amide bonds. The molecule has 4 aromatic rings.